The second-order valence-corrected chi connectivity index (χ2v) is 6.36. The molecule has 2 N–H and O–H groups in total. The van der Waals surface area contributed by atoms with Crippen molar-refractivity contribution in [2.45, 2.75) is 26.2 Å². The van der Waals surface area contributed by atoms with Crippen LogP contribution in [0.4, 0.5) is 10.6 Å². The van der Waals surface area contributed by atoms with Crippen molar-refractivity contribution >= 4 is 17.8 Å². The molecule has 2 atom stereocenters. The van der Waals surface area contributed by atoms with Gasteiger partial charge in [0.05, 0.1) is 12.5 Å². The van der Waals surface area contributed by atoms with Gasteiger partial charge in [-0.1, -0.05) is 6.42 Å². The summed E-state index contributed by atoms with van der Waals surface area (Å²) >= 11 is 0. The summed E-state index contributed by atoms with van der Waals surface area (Å²) in [5.74, 6) is 0.0925. The number of fused-ring (bicyclic) bond motifs is 1. The molecule has 124 valence electrons. The van der Waals surface area contributed by atoms with E-state index in [9.17, 15) is 14.7 Å². The van der Waals surface area contributed by atoms with Crippen LogP contribution in [0.2, 0.25) is 0 Å². The van der Waals surface area contributed by atoms with E-state index in [1.807, 2.05) is 6.92 Å². The number of methoxy groups -OCH3 is 1. The number of carboxylic acid groups (broad SMARTS) is 1. The molecule has 1 aromatic rings. The van der Waals surface area contributed by atoms with E-state index in [1.54, 1.807) is 17.0 Å². The molecule has 0 spiro atoms. The summed E-state index contributed by atoms with van der Waals surface area (Å²) in [6.45, 7) is 2.56. The van der Waals surface area contributed by atoms with Gasteiger partial charge in [-0.3, -0.25) is 10.1 Å². The lowest BCUT2D eigenvalue weighted by molar-refractivity contribution is -0.149. The van der Waals surface area contributed by atoms with Crippen LogP contribution in [0.25, 0.3) is 0 Å². The van der Waals surface area contributed by atoms with Gasteiger partial charge >= 0.3 is 12.0 Å². The van der Waals surface area contributed by atoms with Gasteiger partial charge in [-0.05, 0) is 37.8 Å². The molecule has 3 rings (SSSR count). The second-order valence-electron chi connectivity index (χ2n) is 6.36. The number of anilines is 1. The smallest absolute Gasteiger partial charge is 0.323 e. The van der Waals surface area contributed by atoms with E-state index in [2.05, 4.69) is 10.3 Å². The number of rotatable bonds is 3. The summed E-state index contributed by atoms with van der Waals surface area (Å²) in [5, 5.41) is 12.3. The number of carboxylic acids is 1. The van der Waals surface area contributed by atoms with E-state index in [-0.39, 0.29) is 18.5 Å². The summed E-state index contributed by atoms with van der Waals surface area (Å²) in [5.41, 5.74) is -0.0111. The third-order valence-corrected chi connectivity index (χ3v) is 5.03. The Kier molecular flexibility index (Phi) is 3.87. The number of nitrogens with zero attached hydrogens (tertiary/aromatic N) is 2. The molecule has 0 aromatic carbocycles. The van der Waals surface area contributed by atoms with E-state index in [0.29, 0.717) is 24.5 Å². The number of nitrogens with one attached hydrogen (secondary N) is 1. The van der Waals surface area contributed by atoms with Crippen LogP contribution in [-0.2, 0) is 4.79 Å². The Morgan fingerprint density at radius 3 is 2.91 bits per heavy atom. The minimum absolute atomic E-state index is 0.0399. The van der Waals surface area contributed by atoms with Crippen molar-refractivity contribution in [3.05, 3.63) is 17.8 Å². The van der Waals surface area contributed by atoms with Gasteiger partial charge in [-0.25, -0.2) is 9.78 Å². The van der Waals surface area contributed by atoms with Crippen LogP contribution >= 0.6 is 0 Å². The van der Waals surface area contributed by atoms with Crippen molar-refractivity contribution in [3.63, 3.8) is 0 Å². The molecule has 23 heavy (non-hydrogen) atoms. The molecular formula is C16H21N3O4. The maximum Gasteiger partial charge on any atom is 0.323 e. The first-order valence-electron chi connectivity index (χ1n) is 7.77. The lowest BCUT2D eigenvalue weighted by Gasteiger charge is -2.23. The summed E-state index contributed by atoms with van der Waals surface area (Å²) in [6, 6.07) is 3.22. The highest BCUT2D eigenvalue weighted by atomic mass is 16.5. The van der Waals surface area contributed by atoms with Crippen LogP contribution in [0, 0.1) is 18.3 Å². The Balaban J connectivity index is 1.76. The summed E-state index contributed by atoms with van der Waals surface area (Å²) in [7, 11) is 1.52. The number of aliphatic carboxylic acids is 1. The number of carbonyl (C=O) groups excluding carboxylic acids is 1. The Hall–Kier alpha value is -2.31. The first kappa shape index (κ1) is 15.6. The minimum Gasteiger partial charge on any atom is -0.493 e. The van der Waals surface area contributed by atoms with Gasteiger partial charge in [-0.15, -0.1) is 0 Å². The van der Waals surface area contributed by atoms with Crippen LogP contribution in [0.1, 0.15) is 25.0 Å². The molecule has 1 aliphatic carbocycles. The van der Waals surface area contributed by atoms with Crippen molar-refractivity contribution in [2.24, 2.45) is 11.3 Å². The maximum absolute atomic E-state index is 12.5. The van der Waals surface area contributed by atoms with E-state index in [0.717, 1.165) is 18.5 Å². The highest BCUT2D eigenvalue weighted by Gasteiger charge is 2.55. The number of urea groups is 1. The Morgan fingerprint density at radius 2 is 2.26 bits per heavy atom. The Morgan fingerprint density at radius 1 is 1.48 bits per heavy atom. The monoisotopic (exact) mass is 319 g/mol. The molecule has 1 aromatic heterocycles. The zero-order chi connectivity index (χ0) is 16.6. The molecular weight excluding hydrogens is 298 g/mol. The number of pyridine rings is 1. The molecule has 1 saturated heterocycles. The fourth-order valence-corrected chi connectivity index (χ4v) is 3.77. The molecule has 2 aliphatic rings. The normalized spacial score (nSPS) is 26.0. The van der Waals surface area contributed by atoms with Crippen LogP contribution in [-0.4, -0.2) is 47.2 Å². The predicted octanol–water partition coefficient (Wildman–Crippen LogP) is 2.12. The molecule has 2 fully saturated rings. The lowest BCUT2D eigenvalue weighted by Crippen LogP contribution is -2.38. The summed E-state index contributed by atoms with van der Waals surface area (Å²) < 4.78 is 5.21. The topological polar surface area (TPSA) is 91.8 Å². The molecule has 2 heterocycles. The number of hydrogen-bond acceptors (Lipinski definition) is 4. The van der Waals surface area contributed by atoms with Gasteiger partial charge < -0.3 is 14.7 Å². The molecule has 7 heteroatoms. The number of aryl methyl sites for hydroxylation is 1. The van der Waals surface area contributed by atoms with Crippen molar-refractivity contribution in [2.75, 3.05) is 25.5 Å². The average Bonchev–Trinajstić information content (AvgIpc) is 3.05. The third-order valence-electron chi connectivity index (χ3n) is 5.03. The van der Waals surface area contributed by atoms with E-state index < -0.39 is 11.4 Å². The largest absolute Gasteiger partial charge is 0.493 e. The quantitative estimate of drug-likeness (QED) is 0.890. The lowest BCUT2D eigenvalue weighted by atomic mass is 9.81. The average molecular weight is 319 g/mol. The Labute approximate surface area is 134 Å². The van der Waals surface area contributed by atoms with Crippen LogP contribution in [0.5, 0.6) is 5.75 Å². The number of aromatic nitrogens is 1. The van der Waals surface area contributed by atoms with Gasteiger partial charge in [0.2, 0.25) is 0 Å². The predicted molar refractivity (Wildman–Crippen MR) is 83.5 cm³/mol. The van der Waals surface area contributed by atoms with Gasteiger partial charge in [0.1, 0.15) is 0 Å². The zero-order valence-electron chi connectivity index (χ0n) is 13.3. The fourth-order valence-electron chi connectivity index (χ4n) is 3.77. The van der Waals surface area contributed by atoms with Crippen molar-refractivity contribution in [1.82, 2.24) is 9.88 Å². The number of carbonyl (C=O) groups is 2. The highest BCUT2D eigenvalue weighted by Crippen LogP contribution is 2.49. The van der Waals surface area contributed by atoms with E-state index in [1.165, 1.54) is 7.11 Å². The fraction of sp³-hybridized carbons (Fsp3) is 0.562. The molecule has 0 unspecified atom stereocenters. The van der Waals surface area contributed by atoms with Gasteiger partial charge in [0.25, 0.3) is 0 Å². The summed E-state index contributed by atoms with van der Waals surface area (Å²) in [6.07, 6.45) is 2.42. The number of likely N-dealkylation sites (tertiary alicyclic amines) is 1. The van der Waals surface area contributed by atoms with Crippen molar-refractivity contribution in [1.29, 1.82) is 0 Å². The molecule has 7 nitrogen and oxygen atoms in total. The molecule has 1 aliphatic heterocycles. The highest BCUT2D eigenvalue weighted by molar-refractivity contribution is 5.91. The Bertz CT molecular complexity index is 648. The number of ether oxygens (including phenoxy) is 1. The zero-order valence-corrected chi connectivity index (χ0v) is 13.3. The van der Waals surface area contributed by atoms with Crippen LogP contribution in [0.15, 0.2) is 12.1 Å². The van der Waals surface area contributed by atoms with Gasteiger partial charge in [0, 0.05) is 18.8 Å². The minimum atomic E-state index is -0.790. The summed E-state index contributed by atoms with van der Waals surface area (Å²) in [4.78, 5) is 30.1. The second kappa shape index (κ2) is 5.72. The first-order chi connectivity index (χ1) is 11.0. The standard InChI is InChI=1S/C16H21N3O4/c1-10-5-6-12(23-2)13(17-10)18-15(22)19-8-11-4-3-7-16(11,9-19)14(20)21/h5-6,11H,3-4,7-9H2,1-2H3,(H,20,21)(H,17,18,22)/t11-,16+/m0/s1. The SMILES string of the molecule is COc1ccc(C)nc1NC(=O)N1C[C@@H]2CCC[C@@]2(C(=O)O)C1. The van der Waals surface area contributed by atoms with E-state index in [4.69, 9.17) is 4.74 Å². The van der Waals surface area contributed by atoms with Crippen molar-refractivity contribution in [3.8, 4) is 5.75 Å². The third kappa shape index (κ3) is 2.60. The first-order valence-corrected chi connectivity index (χ1v) is 7.77. The van der Waals surface area contributed by atoms with E-state index >= 15 is 0 Å². The van der Waals surface area contributed by atoms with Crippen LogP contribution < -0.4 is 10.1 Å². The molecule has 0 bridgehead atoms. The van der Waals surface area contributed by atoms with Gasteiger partial charge in [0.15, 0.2) is 11.6 Å². The molecule has 0 radical (unpaired) electrons. The van der Waals surface area contributed by atoms with Crippen molar-refractivity contribution < 1.29 is 19.4 Å². The molecule has 2 amide bonds. The van der Waals surface area contributed by atoms with Crippen LogP contribution in [0.3, 0.4) is 0 Å². The maximum atomic E-state index is 12.5. The van der Waals surface area contributed by atoms with Gasteiger partial charge in [-0.2, -0.15) is 0 Å². The molecule has 1 saturated carbocycles. The number of amides is 2. The number of hydrogen-bond donors (Lipinski definition) is 2.